The average Bonchev–Trinajstić information content (AvgIpc) is 2.64. The van der Waals surface area contributed by atoms with Crippen LogP contribution in [0.25, 0.3) is 0 Å². The maximum atomic E-state index is 12.6. The number of benzene rings is 1. The number of nitrogens with one attached hydrogen (secondary N) is 2. The van der Waals surface area contributed by atoms with E-state index in [0.29, 0.717) is 0 Å². The minimum absolute atomic E-state index is 0.0968. The van der Waals surface area contributed by atoms with Crippen LogP contribution in [-0.2, 0) is 6.61 Å². The lowest BCUT2D eigenvalue weighted by molar-refractivity contribution is 0.0940. The minimum atomic E-state index is -0.615. The standard InChI is InChI=1S/C19H19N3O3/c1-3-8-13(4-2)17(14-9-6-5-7-10-14)22-19(25)15-11-20-16(12-23)21-18(15)24/h3-11,17,23H,1-2,12H2,(H,22,25)(H,20,21,24)/b13-8+. The van der Waals surface area contributed by atoms with Crippen LogP contribution in [0.1, 0.15) is 27.8 Å². The third-order valence-corrected chi connectivity index (χ3v) is 3.53. The highest BCUT2D eigenvalue weighted by atomic mass is 16.3. The molecule has 128 valence electrons. The summed E-state index contributed by atoms with van der Waals surface area (Å²) in [5, 5.41) is 11.8. The zero-order valence-electron chi connectivity index (χ0n) is 13.6. The van der Waals surface area contributed by atoms with Gasteiger partial charge in [-0.15, -0.1) is 0 Å². The molecule has 2 rings (SSSR count). The number of nitrogens with zero attached hydrogens (tertiary/aromatic N) is 1. The monoisotopic (exact) mass is 337 g/mol. The molecule has 3 N–H and O–H groups in total. The Morgan fingerprint density at radius 2 is 2.04 bits per heavy atom. The minimum Gasteiger partial charge on any atom is -0.388 e. The van der Waals surface area contributed by atoms with Crippen LogP contribution >= 0.6 is 0 Å². The fourth-order valence-electron chi connectivity index (χ4n) is 2.31. The van der Waals surface area contributed by atoms with Crippen LogP contribution in [0.3, 0.4) is 0 Å². The number of aliphatic hydroxyl groups is 1. The molecule has 6 heteroatoms. The molecule has 1 amide bonds. The summed E-state index contributed by atoms with van der Waals surface area (Å²) in [4.78, 5) is 30.8. The van der Waals surface area contributed by atoms with Gasteiger partial charge in [0, 0.05) is 6.20 Å². The van der Waals surface area contributed by atoms with Gasteiger partial charge in [0.15, 0.2) is 0 Å². The van der Waals surface area contributed by atoms with Gasteiger partial charge in [-0.3, -0.25) is 9.59 Å². The molecular formula is C19H19N3O3. The molecule has 0 radical (unpaired) electrons. The first-order valence-corrected chi connectivity index (χ1v) is 7.60. The number of allylic oxidation sites excluding steroid dienone is 2. The first kappa shape index (κ1) is 18.1. The van der Waals surface area contributed by atoms with E-state index in [2.05, 4.69) is 28.4 Å². The van der Waals surface area contributed by atoms with Crippen molar-refractivity contribution in [3.63, 3.8) is 0 Å². The van der Waals surface area contributed by atoms with Gasteiger partial charge < -0.3 is 15.4 Å². The Morgan fingerprint density at radius 3 is 2.60 bits per heavy atom. The van der Waals surface area contributed by atoms with Gasteiger partial charge in [0.1, 0.15) is 18.0 Å². The first-order chi connectivity index (χ1) is 12.1. The molecule has 0 spiro atoms. The van der Waals surface area contributed by atoms with Crippen molar-refractivity contribution in [2.45, 2.75) is 12.6 Å². The molecule has 1 atom stereocenters. The fourth-order valence-corrected chi connectivity index (χ4v) is 2.31. The quantitative estimate of drug-likeness (QED) is 0.674. The molecule has 1 aromatic carbocycles. The first-order valence-electron chi connectivity index (χ1n) is 7.60. The topological polar surface area (TPSA) is 95.1 Å². The SMILES string of the molecule is C=C/C=C(\C=C)C(NC(=O)c1cnc(CO)[nH]c1=O)c1ccccc1. The highest BCUT2D eigenvalue weighted by Crippen LogP contribution is 2.22. The van der Waals surface area contributed by atoms with Gasteiger partial charge in [-0.25, -0.2) is 4.98 Å². The Hall–Kier alpha value is -3.25. The fraction of sp³-hybridized carbons (Fsp3) is 0.105. The van der Waals surface area contributed by atoms with Crippen molar-refractivity contribution in [2.24, 2.45) is 0 Å². The van der Waals surface area contributed by atoms with E-state index in [0.717, 1.165) is 17.3 Å². The van der Waals surface area contributed by atoms with Crippen molar-refractivity contribution in [3.05, 3.63) is 101 Å². The van der Waals surface area contributed by atoms with Crippen LogP contribution in [0, 0.1) is 0 Å². The second kappa shape index (κ2) is 8.56. The Kier molecular flexibility index (Phi) is 6.20. The van der Waals surface area contributed by atoms with Crippen LogP contribution in [0.15, 0.2) is 78.3 Å². The van der Waals surface area contributed by atoms with Crippen LogP contribution in [0.4, 0.5) is 0 Å². The van der Waals surface area contributed by atoms with Gasteiger partial charge in [0.25, 0.3) is 11.5 Å². The molecule has 1 aromatic heterocycles. The predicted octanol–water partition coefficient (Wildman–Crippen LogP) is 2.03. The molecule has 1 unspecified atom stereocenters. The molecule has 25 heavy (non-hydrogen) atoms. The van der Waals surface area contributed by atoms with E-state index in [1.54, 1.807) is 18.2 Å². The van der Waals surface area contributed by atoms with E-state index in [1.165, 1.54) is 0 Å². The second-order valence-electron chi connectivity index (χ2n) is 5.15. The molecule has 0 aliphatic heterocycles. The molecule has 0 saturated heterocycles. The van der Waals surface area contributed by atoms with Crippen molar-refractivity contribution in [1.82, 2.24) is 15.3 Å². The van der Waals surface area contributed by atoms with Crippen molar-refractivity contribution < 1.29 is 9.90 Å². The van der Waals surface area contributed by atoms with Gasteiger partial charge in [-0.05, 0) is 11.1 Å². The highest BCUT2D eigenvalue weighted by Gasteiger charge is 2.20. The highest BCUT2D eigenvalue weighted by molar-refractivity contribution is 5.94. The Balaban J connectivity index is 2.38. The van der Waals surface area contributed by atoms with Crippen LogP contribution < -0.4 is 10.9 Å². The zero-order valence-corrected chi connectivity index (χ0v) is 13.6. The van der Waals surface area contributed by atoms with Crippen LogP contribution in [0.5, 0.6) is 0 Å². The number of aliphatic hydroxyl groups excluding tert-OH is 1. The number of amides is 1. The lowest BCUT2D eigenvalue weighted by Gasteiger charge is -2.20. The summed E-state index contributed by atoms with van der Waals surface area (Å²) < 4.78 is 0. The summed E-state index contributed by atoms with van der Waals surface area (Å²) in [5.74, 6) is -0.483. The summed E-state index contributed by atoms with van der Waals surface area (Å²) in [6, 6.07) is 8.81. The van der Waals surface area contributed by atoms with Crippen molar-refractivity contribution in [2.75, 3.05) is 0 Å². The molecule has 0 aliphatic rings. The Bertz CT molecular complexity index is 854. The summed E-state index contributed by atoms with van der Waals surface area (Å²) in [7, 11) is 0. The number of carbonyl (C=O) groups is 1. The normalized spacial score (nSPS) is 12.3. The second-order valence-corrected chi connectivity index (χ2v) is 5.15. The largest absolute Gasteiger partial charge is 0.388 e. The lowest BCUT2D eigenvalue weighted by Crippen LogP contribution is -2.34. The Morgan fingerprint density at radius 1 is 1.32 bits per heavy atom. The van der Waals surface area contributed by atoms with Gasteiger partial charge in [-0.2, -0.15) is 0 Å². The third kappa shape index (κ3) is 4.39. The molecule has 0 saturated carbocycles. The predicted molar refractivity (Wildman–Crippen MR) is 95.9 cm³/mol. The number of rotatable bonds is 7. The van der Waals surface area contributed by atoms with E-state index in [-0.39, 0.29) is 11.4 Å². The van der Waals surface area contributed by atoms with Crippen LogP contribution in [-0.4, -0.2) is 21.0 Å². The molecule has 6 nitrogen and oxygen atoms in total. The number of carbonyl (C=O) groups excluding carboxylic acids is 1. The van der Waals surface area contributed by atoms with Crippen LogP contribution in [0.2, 0.25) is 0 Å². The molecule has 2 aromatic rings. The number of hydrogen-bond donors (Lipinski definition) is 3. The van der Waals surface area contributed by atoms with Crippen molar-refractivity contribution in [3.8, 4) is 0 Å². The third-order valence-electron chi connectivity index (χ3n) is 3.53. The number of H-pyrrole nitrogens is 1. The molecule has 0 aliphatic carbocycles. The van der Waals surface area contributed by atoms with Gasteiger partial charge in [0.05, 0.1) is 6.04 Å². The van der Waals surface area contributed by atoms with Crippen molar-refractivity contribution >= 4 is 5.91 Å². The Labute approximate surface area is 145 Å². The molecule has 0 bridgehead atoms. The molecule has 1 heterocycles. The summed E-state index contributed by atoms with van der Waals surface area (Å²) >= 11 is 0. The summed E-state index contributed by atoms with van der Waals surface area (Å²) in [5.41, 5.74) is 0.808. The lowest BCUT2D eigenvalue weighted by atomic mass is 9.97. The van der Waals surface area contributed by atoms with E-state index in [1.807, 2.05) is 30.3 Å². The molecule has 0 fully saturated rings. The summed E-state index contributed by atoms with van der Waals surface area (Å²) in [6.07, 6.45) is 6.11. The smallest absolute Gasteiger partial charge is 0.263 e. The number of aromatic amines is 1. The summed E-state index contributed by atoms with van der Waals surface area (Å²) in [6.45, 7) is 7.03. The van der Waals surface area contributed by atoms with Gasteiger partial charge in [0.2, 0.25) is 0 Å². The van der Waals surface area contributed by atoms with E-state index in [4.69, 9.17) is 5.11 Å². The van der Waals surface area contributed by atoms with E-state index >= 15 is 0 Å². The zero-order chi connectivity index (χ0) is 18.2. The van der Waals surface area contributed by atoms with E-state index in [9.17, 15) is 9.59 Å². The maximum Gasteiger partial charge on any atom is 0.263 e. The maximum absolute atomic E-state index is 12.6. The number of hydrogen-bond acceptors (Lipinski definition) is 4. The molecular weight excluding hydrogens is 318 g/mol. The van der Waals surface area contributed by atoms with E-state index < -0.39 is 24.1 Å². The number of aromatic nitrogens is 2. The average molecular weight is 337 g/mol. The van der Waals surface area contributed by atoms with Crippen molar-refractivity contribution in [1.29, 1.82) is 0 Å². The van der Waals surface area contributed by atoms with Gasteiger partial charge in [-0.1, -0.05) is 61.7 Å². The van der Waals surface area contributed by atoms with Gasteiger partial charge >= 0.3 is 0 Å².